The van der Waals surface area contributed by atoms with E-state index in [0.717, 1.165) is 6.42 Å². The number of hydrogen-bond acceptors (Lipinski definition) is 3. The summed E-state index contributed by atoms with van der Waals surface area (Å²) in [6.07, 6.45) is 1.04. The van der Waals surface area contributed by atoms with Gasteiger partial charge in [0.15, 0.2) is 0 Å². The zero-order valence-corrected chi connectivity index (χ0v) is 6.62. The van der Waals surface area contributed by atoms with Crippen molar-refractivity contribution in [2.24, 2.45) is 0 Å². The summed E-state index contributed by atoms with van der Waals surface area (Å²) in [7, 11) is 1.64. The maximum absolute atomic E-state index is 10.9. The van der Waals surface area contributed by atoms with E-state index in [4.69, 9.17) is 9.84 Å². The number of nitrogens with zero attached hydrogens (tertiary/aromatic N) is 1. The highest BCUT2D eigenvalue weighted by atomic mass is 16.5. The molecule has 0 radical (unpaired) electrons. The first-order chi connectivity index (χ1) is 5.27. The van der Waals surface area contributed by atoms with E-state index in [9.17, 15) is 4.79 Å². The number of rotatable bonds is 2. The lowest BCUT2D eigenvalue weighted by Crippen LogP contribution is -2.31. The second kappa shape index (κ2) is 3.69. The van der Waals surface area contributed by atoms with Gasteiger partial charge in [-0.2, -0.15) is 0 Å². The van der Waals surface area contributed by atoms with E-state index >= 15 is 0 Å². The van der Waals surface area contributed by atoms with Crippen molar-refractivity contribution in [2.45, 2.75) is 12.5 Å². The highest BCUT2D eigenvalue weighted by molar-refractivity contribution is 5.77. The van der Waals surface area contributed by atoms with Gasteiger partial charge in [0.2, 0.25) is 5.91 Å². The molecule has 1 fully saturated rings. The molecule has 1 aliphatic rings. The van der Waals surface area contributed by atoms with Gasteiger partial charge in [0.25, 0.3) is 0 Å². The molecule has 1 atom stereocenters. The van der Waals surface area contributed by atoms with E-state index in [1.165, 1.54) is 0 Å². The first kappa shape index (κ1) is 8.49. The molecule has 4 heteroatoms. The molecule has 0 aromatic rings. The average Bonchev–Trinajstić information content (AvgIpc) is 2.50. The Morgan fingerprint density at radius 1 is 1.82 bits per heavy atom. The van der Waals surface area contributed by atoms with Crippen LogP contribution in [-0.4, -0.2) is 48.8 Å². The van der Waals surface area contributed by atoms with Crippen molar-refractivity contribution in [1.29, 1.82) is 0 Å². The third kappa shape index (κ3) is 1.91. The Balaban J connectivity index is 2.35. The van der Waals surface area contributed by atoms with Crippen LogP contribution < -0.4 is 0 Å². The van der Waals surface area contributed by atoms with Gasteiger partial charge in [-0.05, 0) is 6.42 Å². The Bertz CT molecular complexity index is 149. The minimum Gasteiger partial charge on any atom is -0.387 e. The van der Waals surface area contributed by atoms with Gasteiger partial charge in [-0.1, -0.05) is 0 Å². The van der Waals surface area contributed by atoms with Gasteiger partial charge >= 0.3 is 0 Å². The van der Waals surface area contributed by atoms with Crippen LogP contribution in [0.25, 0.3) is 0 Å². The molecule has 11 heavy (non-hydrogen) atoms. The summed E-state index contributed by atoms with van der Waals surface area (Å²) in [5.74, 6) is -0.204. The van der Waals surface area contributed by atoms with Gasteiger partial charge in [0, 0.05) is 20.2 Å². The SMILES string of the molecule is COC1CCN(C(=O)CO)C1. The fourth-order valence-corrected chi connectivity index (χ4v) is 1.25. The first-order valence-corrected chi connectivity index (χ1v) is 3.69. The van der Waals surface area contributed by atoms with Gasteiger partial charge in [-0.15, -0.1) is 0 Å². The van der Waals surface area contributed by atoms with Crippen LogP contribution in [0.4, 0.5) is 0 Å². The molecule has 4 nitrogen and oxygen atoms in total. The number of carbonyl (C=O) groups excluding carboxylic acids is 1. The van der Waals surface area contributed by atoms with E-state index < -0.39 is 6.61 Å². The molecule has 1 unspecified atom stereocenters. The number of methoxy groups -OCH3 is 1. The molecule has 1 amide bonds. The maximum atomic E-state index is 10.9. The van der Waals surface area contributed by atoms with Crippen LogP contribution in [0.5, 0.6) is 0 Å². The monoisotopic (exact) mass is 159 g/mol. The number of carbonyl (C=O) groups is 1. The fourth-order valence-electron chi connectivity index (χ4n) is 1.25. The van der Waals surface area contributed by atoms with Crippen molar-refractivity contribution in [2.75, 3.05) is 26.8 Å². The van der Waals surface area contributed by atoms with Gasteiger partial charge in [0.05, 0.1) is 6.10 Å². The minimum atomic E-state index is -0.392. The van der Waals surface area contributed by atoms with E-state index in [-0.39, 0.29) is 12.0 Å². The maximum Gasteiger partial charge on any atom is 0.248 e. The van der Waals surface area contributed by atoms with E-state index in [1.807, 2.05) is 0 Å². The third-order valence-corrected chi connectivity index (χ3v) is 1.97. The van der Waals surface area contributed by atoms with Gasteiger partial charge < -0.3 is 14.7 Å². The van der Waals surface area contributed by atoms with Crippen LogP contribution in [0.1, 0.15) is 6.42 Å². The summed E-state index contributed by atoms with van der Waals surface area (Å²) in [5.41, 5.74) is 0. The van der Waals surface area contributed by atoms with Crippen molar-refractivity contribution < 1.29 is 14.6 Å². The number of amides is 1. The predicted octanol–water partition coefficient (Wildman–Crippen LogP) is -0.774. The first-order valence-electron chi connectivity index (χ1n) is 3.69. The molecule has 1 heterocycles. The zero-order chi connectivity index (χ0) is 8.27. The predicted molar refractivity (Wildman–Crippen MR) is 39.1 cm³/mol. The molecular weight excluding hydrogens is 146 g/mol. The quantitative estimate of drug-likeness (QED) is 0.575. The van der Waals surface area contributed by atoms with Gasteiger partial charge in [-0.3, -0.25) is 4.79 Å². The lowest BCUT2D eigenvalue weighted by Gasteiger charge is -2.13. The molecule has 0 aromatic carbocycles. The Labute approximate surface area is 65.8 Å². The second-order valence-corrected chi connectivity index (χ2v) is 2.64. The molecule has 1 N–H and O–H groups in total. The van der Waals surface area contributed by atoms with Crippen LogP contribution in [0, 0.1) is 0 Å². The summed E-state index contributed by atoms with van der Waals surface area (Å²) in [6.45, 7) is 0.935. The fraction of sp³-hybridized carbons (Fsp3) is 0.857. The molecule has 0 bridgehead atoms. The number of ether oxygens (including phenoxy) is 1. The normalized spacial score (nSPS) is 24.2. The molecule has 1 rings (SSSR count). The van der Waals surface area contributed by atoms with Gasteiger partial charge in [-0.25, -0.2) is 0 Å². The molecule has 0 aliphatic carbocycles. The smallest absolute Gasteiger partial charge is 0.248 e. The molecule has 64 valence electrons. The average molecular weight is 159 g/mol. The summed E-state index contributed by atoms with van der Waals surface area (Å²) in [4.78, 5) is 12.5. The highest BCUT2D eigenvalue weighted by Gasteiger charge is 2.24. The molecule has 0 aromatic heterocycles. The Kier molecular flexibility index (Phi) is 2.84. The van der Waals surface area contributed by atoms with Crippen molar-refractivity contribution in [3.8, 4) is 0 Å². The molecule has 1 aliphatic heterocycles. The second-order valence-electron chi connectivity index (χ2n) is 2.64. The van der Waals surface area contributed by atoms with Crippen LogP contribution in [0.2, 0.25) is 0 Å². The van der Waals surface area contributed by atoms with Crippen molar-refractivity contribution in [3.05, 3.63) is 0 Å². The number of likely N-dealkylation sites (tertiary alicyclic amines) is 1. The highest BCUT2D eigenvalue weighted by Crippen LogP contribution is 2.11. The van der Waals surface area contributed by atoms with Crippen LogP contribution in [-0.2, 0) is 9.53 Å². The van der Waals surface area contributed by atoms with Crippen LogP contribution in [0.15, 0.2) is 0 Å². The van der Waals surface area contributed by atoms with E-state index in [0.29, 0.717) is 13.1 Å². The molecular formula is C7H13NO3. The van der Waals surface area contributed by atoms with Crippen LogP contribution >= 0.6 is 0 Å². The summed E-state index contributed by atoms with van der Waals surface area (Å²) in [5, 5.41) is 8.52. The van der Waals surface area contributed by atoms with E-state index in [2.05, 4.69) is 0 Å². The van der Waals surface area contributed by atoms with Crippen molar-refractivity contribution in [1.82, 2.24) is 4.90 Å². The summed E-state index contributed by atoms with van der Waals surface area (Å²) in [6, 6.07) is 0. The molecule has 1 saturated heterocycles. The largest absolute Gasteiger partial charge is 0.387 e. The number of hydrogen-bond donors (Lipinski definition) is 1. The summed E-state index contributed by atoms with van der Waals surface area (Å²) >= 11 is 0. The standard InChI is InChI=1S/C7H13NO3/c1-11-6-2-3-8(4-6)7(10)5-9/h6,9H,2-5H2,1H3. The topological polar surface area (TPSA) is 49.8 Å². The Hall–Kier alpha value is -0.610. The zero-order valence-electron chi connectivity index (χ0n) is 6.62. The lowest BCUT2D eigenvalue weighted by molar-refractivity contribution is -0.133. The molecule has 0 spiro atoms. The van der Waals surface area contributed by atoms with Crippen LogP contribution in [0.3, 0.4) is 0 Å². The number of aliphatic hydroxyl groups excluding tert-OH is 1. The van der Waals surface area contributed by atoms with Gasteiger partial charge in [0.1, 0.15) is 6.61 Å². The third-order valence-electron chi connectivity index (χ3n) is 1.97. The summed E-state index contributed by atoms with van der Waals surface area (Å²) < 4.78 is 5.06. The number of aliphatic hydroxyl groups is 1. The van der Waals surface area contributed by atoms with E-state index in [1.54, 1.807) is 12.0 Å². The lowest BCUT2D eigenvalue weighted by atomic mass is 10.3. The van der Waals surface area contributed by atoms with Crippen molar-refractivity contribution in [3.63, 3.8) is 0 Å². The Morgan fingerprint density at radius 2 is 2.55 bits per heavy atom. The van der Waals surface area contributed by atoms with Crippen molar-refractivity contribution >= 4 is 5.91 Å². The Morgan fingerprint density at radius 3 is 3.00 bits per heavy atom. The minimum absolute atomic E-state index is 0.158. The molecule has 0 saturated carbocycles.